The molecular formula is C17H23N3O3S. The molecule has 1 aromatic carbocycles. The van der Waals surface area contributed by atoms with Crippen LogP contribution in [0.15, 0.2) is 41.4 Å². The molecule has 2 rings (SSSR count). The van der Waals surface area contributed by atoms with Gasteiger partial charge in [0.2, 0.25) is 10.0 Å². The monoisotopic (exact) mass is 349 g/mol. The van der Waals surface area contributed by atoms with Crippen LogP contribution in [-0.4, -0.2) is 36.3 Å². The maximum Gasteiger partial charge on any atom is 0.272 e. The van der Waals surface area contributed by atoms with Crippen LogP contribution in [0.1, 0.15) is 29.9 Å². The van der Waals surface area contributed by atoms with Crippen molar-refractivity contribution >= 4 is 21.6 Å². The van der Waals surface area contributed by atoms with Crippen LogP contribution in [0.25, 0.3) is 0 Å². The number of aromatic nitrogens is 1. The number of rotatable bonds is 6. The largest absolute Gasteiger partial charge is 0.347 e. The molecule has 1 amide bonds. The number of nitrogens with zero attached hydrogens (tertiary/aromatic N) is 2. The molecule has 1 N–H and O–H groups in total. The summed E-state index contributed by atoms with van der Waals surface area (Å²) < 4.78 is 28.6. The lowest BCUT2D eigenvalue weighted by Crippen LogP contribution is -2.31. The maximum absolute atomic E-state index is 12.7. The van der Waals surface area contributed by atoms with Crippen molar-refractivity contribution in [3.8, 4) is 0 Å². The van der Waals surface area contributed by atoms with Crippen molar-refractivity contribution in [3.05, 3.63) is 47.8 Å². The average Bonchev–Trinajstić information content (AvgIpc) is 2.96. The topological polar surface area (TPSA) is 71.4 Å². The summed E-state index contributed by atoms with van der Waals surface area (Å²) in [5.74, 6) is -0.280. The Bertz CT molecular complexity index is 837. The van der Waals surface area contributed by atoms with Gasteiger partial charge in [0.25, 0.3) is 5.91 Å². The zero-order valence-corrected chi connectivity index (χ0v) is 15.2. The fraction of sp³-hybridized carbons (Fsp3) is 0.353. The molecule has 0 saturated heterocycles. The highest BCUT2D eigenvalue weighted by Gasteiger charge is 2.24. The minimum atomic E-state index is -3.58. The number of nitrogens with one attached hydrogen (secondary N) is 1. The standard InChI is InChI=1S/C17H23N3O3S/c1-5-20(6-2)24(22,23)16-12-14(10-9-13(16)3)18-17(21)15-8-7-11-19(15)4/h7-12H,5-6H2,1-4H3,(H,18,21). The van der Waals surface area contributed by atoms with Gasteiger partial charge in [-0.1, -0.05) is 19.9 Å². The van der Waals surface area contributed by atoms with Crippen molar-refractivity contribution in [2.24, 2.45) is 7.05 Å². The third-order valence-corrected chi connectivity index (χ3v) is 6.14. The van der Waals surface area contributed by atoms with Gasteiger partial charge in [-0.3, -0.25) is 4.79 Å². The van der Waals surface area contributed by atoms with Gasteiger partial charge in [0.05, 0.1) is 4.90 Å². The molecule has 1 heterocycles. The predicted molar refractivity (Wildman–Crippen MR) is 94.7 cm³/mol. The Kier molecular flexibility index (Phi) is 5.46. The molecule has 2 aromatic rings. The van der Waals surface area contributed by atoms with E-state index in [0.29, 0.717) is 30.0 Å². The van der Waals surface area contributed by atoms with E-state index >= 15 is 0 Å². The van der Waals surface area contributed by atoms with Crippen molar-refractivity contribution in [2.75, 3.05) is 18.4 Å². The van der Waals surface area contributed by atoms with E-state index in [1.807, 2.05) is 0 Å². The normalized spacial score (nSPS) is 11.7. The molecule has 0 atom stereocenters. The summed E-state index contributed by atoms with van der Waals surface area (Å²) in [6, 6.07) is 8.41. The van der Waals surface area contributed by atoms with E-state index in [1.165, 1.54) is 10.4 Å². The van der Waals surface area contributed by atoms with E-state index in [2.05, 4.69) is 5.32 Å². The molecule has 24 heavy (non-hydrogen) atoms. The van der Waals surface area contributed by atoms with Crippen LogP contribution in [-0.2, 0) is 17.1 Å². The molecule has 0 aliphatic rings. The summed E-state index contributed by atoms with van der Waals surface area (Å²) in [5, 5.41) is 2.76. The SMILES string of the molecule is CCN(CC)S(=O)(=O)c1cc(NC(=O)c2cccn2C)ccc1C. The number of anilines is 1. The molecule has 1 aromatic heterocycles. The predicted octanol–water partition coefficient (Wildman–Crippen LogP) is 2.62. The fourth-order valence-corrected chi connectivity index (χ4v) is 4.26. The van der Waals surface area contributed by atoms with Crippen LogP contribution in [0, 0.1) is 6.92 Å². The number of hydrogen-bond acceptors (Lipinski definition) is 3. The van der Waals surface area contributed by atoms with Gasteiger partial charge in [0.1, 0.15) is 5.69 Å². The van der Waals surface area contributed by atoms with Gasteiger partial charge in [-0.25, -0.2) is 8.42 Å². The Labute approximate surface area is 143 Å². The summed E-state index contributed by atoms with van der Waals surface area (Å²) in [4.78, 5) is 12.5. The first-order valence-corrected chi connectivity index (χ1v) is 9.28. The number of carbonyl (C=O) groups is 1. The highest BCUT2D eigenvalue weighted by molar-refractivity contribution is 7.89. The number of aryl methyl sites for hydroxylation is 2. The Hall–Kier alpha value is -2.12. The Morgan fingerprint density at radius 3 is 2.42 bits per heavy atom. The first kappa shape index (κ1) is 18.2. The second-order valence-electron chi connectivity index (χ2n) is 5.53. The van der Waals surface area contributed by atoms with Gasteiger partial charge in [-0.2, -0.15) is 4.31 Å². The Morgan fingerprint density at radius 2 is 1.88 bits per heavy atom. The summed E-state index contributed by atoms with van der Waals surface area (Å²) in [6.07, 6.45) is 1.78. The van der Waals surface area contributed by atoms with Crippen LogP contribution in [0.4, 0.5) is 5.69 Å². The van der Waals surface area contributed by atoms with Crippen LogP contribution < -0.4 is 5.32 Å². The summed E-state index contributed by atoms with van der Waals surface area (Å²) in [6.45, 7) is 6.16. The molecular weight excluding hydrogens is 326 g/mol. The lowest BCUT2D eigenvalue weighted by molar-refractivity contribution is 0.101. The lowest BCUT2D eigenvalue weighted by Gasteiger charge is -2.20. The second kappa shape index (κ2) is 7.19. The van der Waals surface area contributed by atoms with Crippen LogP contribution in [0.2, 0.25) is 0 Å². The molecule has 0 radical (unpaired) electrons. The minimum Gasteiger partial charge on any atom is -0.347 e. The first-order valence-electron chi connectivity index (χ1n) is 7.84. The third kappa shape index (κ3) is 3.52. The van der Waals surface area contributed by atoms with Crippen molar-refractivity contribution in [1.82, 2.24) is 8.87 Å². The number of carbonyl (C=O) groups excluding carboxylic acids is 1. The molecule has 0 aliphatic carbocycles. The van der Waals surface area contributed by atoms with Gasteiger partial charge in [0.15, 0.2) is 0 Å². The molecule has 0 saturated carbocycles. The van der Waals surface area contributed by atoms with E-state index in [4.69, 9.17) is 0 Å². The van der Waals surface area contributed by atoms with E-state index in [1.54, 1.807) is 62.8 Å². The molecule has 6 nitrogen and oxygen atoms in total. The summed E-state index contributed by atoms with van der Waals surface area (Å²) >= 11 is 0. The van der Waals surface area contributed by atoms with E-state index in [0.717, 1.165) is 0 Å². The first-order chi connectivity index (χ1) is 11.3. The average molecular weight is 349 g/mol. The minimum absolute atomic E-state index is 0.218. The Morgan fingerprint density at radius 1 is 1.21 bits per heavy atom. The van der Waals surface area contributed by atoms with Crippen molar-refractivity contribution < 1.29 is 13.2 Å². The fourth-order valence-electron chi connectivity index (χ4n) is 2.55. The zero-order valence-electron chi connectivity index (χ0n) is 14.4. The summed E-state index contributed by atoms with van der Waals surface area (Å²) in [7, 11) is -1.80. The second-order valence-corrected chi connectivity index (χ2v) is 7.43. The van der Waals surface area contributed by atoms with Gasteiger partial charge in [-0.05, 0) is 36.8 Å². The number of amides is 1. The van der Waals surface area contributed by atoms with E-state index in [-0.39, 0.29) is 10.8 Å². The van der Waals surface area contributed by atoms with E-state index in [9.17, 15) is 13.2 Å². The van der Waals surface area contributed by atoms with Crippen molar-refractivity contribution in [1.29, 1.82) is 0 Å². The number of sulfonamides is 1. The molecule has 0 aliphatic heterocycles. The molecule has 0 fully saturated rings. The van der Waals surface area contributed by atoms with Crippen molar-refractivity contribution in [2.45, 2.75) is 25.7 Å². The van der Waals surface area contributed by atoms with Gasteiger partial charge >= 0.3 is 0 Å². The highest BCUT2D eigenvalue weighted by Crippen LogP contribution is 2.24. The van der Waals surface area contributed by atoms with E-state index < -0.39 is 10.0 Å². The van der Waals surface area contributed by atoms with Crippen LogP contribution in [0.5, 0.6) is 0 Å². The Balaban J connectivity index is 2.36. The summed E-state index contributed by atoms with van der Waals surface area (Å²) in [5.41, 5.74) is 1.61. The van der Waals surface area contributed by atoms with Gasteiger partial charge in [0, 0.05) is 32.0 Å². The molecule has 130 valence electrons. The van der Waals surface area contributed by atoms with Gasteiger partial charge < -0.3 is 9.88 Å². The smallest absolute Gasteiger partial charge is 0.272 e. The number of benzene rings is 1. The van der Waals surface area contributed by atoms with Crippen LogP contribution in [0.3, 0.4) is 0 Å². The molecule has 7 heteroatoms. The quantitative estimate of drug-likeness (QED) is 0.871. The molecule has 0 unspecified atom stereocenters. The number of hydrogen-bond donors (Lipinski definition) is 1. The highest BCUT2D eigenvalue weighted by atomic mass is 32.2. The van der Waals surface area contributed by atoms with Crippen molar-refractivity contribution in [3.63, 3.8) is 0 Å². The molecule has 0 spiro atoms. The molecule has 0 bridgehead atoms. The lowest BCUT2D eigenvalue weighted by atomic mass is 10.2. The van der Waals surface area contributed by atoms with Gasteiger partial charge in [-0.15, -0.1) is 0 Å². The zero-order chi connectivity index (χ0) is 17.9. The van der Waals surface area contributed by atoms with Crippen LogP contribution >= 0.6 is 0 Å². The maximum atomic E-state index is 12.7. The third-order valence-electron chi connectivity index (χ3n) is 3.95.